The fourth-order valence-corrected chi connectivity index (χ4v) is 1.89. The number of carbonyl (C=O) groups is 1. The molecule has 0 aliphatic rings. The van der Waals surface area contributed by atoms with E-state index in [9.17, 15) is 4.79 Å². The van der Waals surface area contributed by atoms with Crippen LogP contribution in [0.2, 0.25) is 0 Å². The summed E-state index contributed by atoms with van der Waals surface area (Å²) in [4.78, 5) is 11.2. The Bertz CT molecular complexity index is 416. The van der Waals surface area contributed by atoms with Gasteiger partial charge < -0.3 is 14.8 Å². The molecule has 0 spiro atoms. The van der Waals surface area contributed by atoms with Crippen LogP contribution in [0.1, 0.15) is 24.5 Å². The van der Waals surface area contributed by atoms with Crippen molar-refractivity contribution in [2.45, 2.75) is 26.7 Å². The first-order valence-corrected chi connectivity index (χ1v) is 6.11. The van der Waals surface area contributed by atoms with Crippen LogP contribution in [-0.2, 0) is 11.2 Å². The Morgan fingerprint density at radius 2 is 2.00 bits per heavy atom. The molecule has 0 radical (unpaired) electrons. The number of ether oxygens (including phenoxy) is 2. The highest BCUT2D eigenvalue weighted by Gasteiger charge is 2.11. The maximum Gasteiger partial charge on any atom is 0.219 e. The van der Waals surface area contributed by atoms with Crippen LogP contribution in [0.4, 0.5) is 0 Å². The van der Waals surface area contributed by atoms with Crippen molar-refractivity contribution in [3.05, 3.63) is 23.3 Å². The van der Waals surface area contributed by atoms with Gasteiger partial charge in [-0.3, -0.25) is 4.79 Å². The van der Waals surface area contributed by atoms with E-state index in [0.717, 1.165) is 29.0 Å². The smallest absolute Gasteiger partial charge is 0.219 e. The average molecular weight is 251 g/mol. The van der Waals surface area contributed by atoms with E-state index < -0.39 is 0 Å². The first kappa shape index (κ1) is 14.4. The number of benzene rings is 1. The number of hydrogen-bond donors (Lipinski definition) is 1. The summed E-state index contributed by atoms with van der Waals surface area (Å²) in [6.45, 7) is 4.42. The summed E-state index contributed by atoms with van der Waals surface area (Å²) in [7, 11) is 3.29. The lowest BCUT2D eigenvalue weighted by atomic mass is 10.1. The summed E-state index contributed by atoms with van der Waals surface area (Å²) >= 11 is 0. The number of amides is 1. The van der Waals surface area contributed by atoms with Gasteiger partial charge in [0.25, 0.3) is 0 Å². The van der Waals surface area contributed by atoms with E-state index in [2.05, 4.69) is 5.32 Å². The molecule has 1 amide bonds. The summed E-state index contributed by atoms with van der Waals surface area (Å²) in [5.41, 5.74) is 2.06. The third-order valence-electron chi connectivity index (χ3n) is 2.90. The van der Waals surface area contributed by atoms with Gasteiger partial charge in [0, 0.05) is 18.5 Å². The van der Waals surface area contributed by atoms with Crippen molar-refractivity contribution in [3.63, 3.8) is 0 Å². The number of nitrogens with one attached hydrogen (secondary N) is 1. The van der Waals surface area contributed by atoms with Crippen molar-refractivity contribution in [1.82, 2.24) is 5.32 Å². The molecule has 0 fully saturated rings. The third kappa shape index (κ3) is 3.39. The lowest BCUT2D eigenvalue weighted by Crippen LogP contribution is -2.24. The van der Waals surface area contributed by atoms with Crippen LogP contribution in [0.25, 0.3) is 0 Å². The lowest BCUT2D eigenvalue weighted by Gasteiger charge is -2.14. The summed E-state index contributed by atoms with van der Waals surface area (Å²) in [5, 5.41) is 2.85. The summed E-state index contributed by atoms with van der Waals surface area (Å²) in [5.74, 6) is 1.72. The Morgan fingerprint density at radius 1 is 1.28 bits per heavy atom. The molecule has 1 N–H and O–H groups in total. The van der Waals surface area contributed by atoms with Crippen molar-refractivity contribution in [2.75, 3.05) is 20.8 Å². The van der Waals surface area contributed by atoms with Crippen LogP contribution in [0, 0.1) is 6.92 Å². The SMILES string of the molecule is CCC(=O)NCCc1ccc(OC)c(C)c1OC. The molecule has 0 aliphatic heterocycles. The Balaban J connectivity index is 2.77. The first-order chi connectivity index (χ1) is 8.63. The van der Waals surface area contributed by atoms with Crippen molar-refractivity contribution >= 4 is 5.91 Å². The predicted octanol–water partition coefficient (Wildman–Crippen LogP) is 2.08. The molecule has 4 nitrogen and oxygen atoms in total. The van der Waals surface area contributed by atoms with E-state index >= 15 is 0 Å². The molecule has 0 heterocycles. The molecule has 1 rings (SSSR count). The van der Waals surface area contributed by atoms with Crippen LogP contribution in [0.5, 0.6) is 11.5 Å². The van der Waals surface area contributed by atoms with Gasteiger partial charge in [-0.2, -0.15) is 0 Å². The quantitative estimate of drug-likeness (QED) is 0.842. The van der Waals surface area contributed by atoms with Gasteiger partial charge in [-0.15, -0.1) is 0 Å². The van der Waals surface area contributed by atoms with E-state index in [4.69, 9.17) is 9.47 Å². The normalized spacial score (nSPS) is 10.0. The van der Waals surface area contributed by atoms with Crippen molar-refractivity contribution in [2.24, 2.45) is 0 Å². The monoisotopic (exact) mass is 251 g/mol. The Hall–Kier alpha value is -1.71. The van der Waals surface area contributed by atoms with Gasteiger partial charge in [-0.05, 0) is 25.0 Å². The van der Waals surface area contributed by atoms with Gasteiger partial charge in [0.15, 0.2) is 0 Å². The maximum atomic E-state index is 11.2. The second-order valence-electron chi connectivity index (χ2n) is 4.04. The molecule has 100 valence electrons. The van der Waals surface area contributed by atoms with Crippen molar-refractivity contribution < 1.29 is 14.3 Å². The zero-order valence-electron chi connectivity index (χ0n) is 11.5. The molecule has 18 heavy (non-hydrogen) atoms. The summed E-state index contributed by atoms with van der Waals surface area (Å²) in [6.07, 6.45) is 1.26. The molecule has 0 aliphatic carbocycles. The van der Waals surface area contributed by atoms with Crippen molar-refractivity contribution in [1.29, 1.82) is 0 Å². The second kappa shape index (κ2) is 6.89. The Kier molecular flexibility index (Phi) is 5.49. The van der Waals surface area contributed by atoms with E-state index in [-0.39, 0.29) is 5.91 Å². The molecule has 1 aromatic rings. The summed E-state index contributed by atoms with van der Waals surface area (Å²) < 4.78 is 10.7. The third-order valence-corrected chi connectivity index (χ3v) is 2.90. The zero-order valence-corrected chi connectivity index (χ0v) is 11.5. The minimum absolute atomic E-state index is 0.0687. The Labute approximate surface area is 108 Å². The van der Waals surface area contributed by atoms with Gasteiger partial charge in [0.2, 0.25) is 5.91 Å². The van der Waals surface area contributed by atoms with E-state index in [1.165, 1.54) is 0 Å². The van der Waals surface area contributed by atoms with Crippen LogP contribution in [0.3, 0.4) is 0 Å². The van der Waals surface area contributed by atoms with Gasteiger partial charge in [-0.25, -0.2) is 0 Å². The number of methoxy groups -OCH3 is 2. The molecule has 0 saturated heterocycles. The van der Waals surface area contributed by atoms with Gasteiger partial charge in [0.05, 0.1) is 14.2 Å². The van der Waals surface area contributed by atoms with Crippen LogP contribution in [0.15, 0.2) is 12.1 Å². The highest BCUT2D eigenvalue weighted by molar-refractivity contribution is 5.75. The highest BCUT2D eigenvalue weighted by atomic mass is 16.5. The molecule has 0 bridgehead atoms. The van der Waals surface area contributed by atoms with Gasteiger partial charge in [0.1, 0.15) is 11.5 Å². The zero-order chi connectivity index (χ0) is 13.5. The maximum absolute atomic E-state index is 11.2. The number of hydrogen-bond acceptors (Lipinski definition) is 3. The fraction of sp³-hybridized carbons (Fsp3) is 0.500. The largest absolute Gasteiger partial charge is 0.496 e. The minimum Gasteiger partial charge on any atom is -0.496 e. The van der Waals surface area contributed by atoms with Crippen LogP contribution < -0.4 is 14.8 Å². The summed E-state index contributed by atoms with van der Waals surface area (Å²) in [6, 6.07) is 3.90. The molecule has 4 heteroatoms. The topological polar surface area (TPSA) is 47.6 Å². The van der Waals surface area contributed by atoms with E-state index in [0.29, 0.717) is 13.0 Å². The number of rotatable bonds is 6. The molecule has 0 atom stereocenters. The van der Waals surface area contributed by atoms with Crippen molar-refractivity contribution in [3.8, 4) is 11.5 Å². The van der Waals surface area contributed by atoms with E-state index in [1.807, 2.05) is 26.0 Å². The Morgan fingerprint density at radius 3 is 2.56 bits per heavy atom. The molecular formula is C14H21NO3. The standard InChI is InChI=1S/C14H21NO3/c1-5-13(16)15-9-8-11-6-7-12(17-3)10(2)14(11)18-4/h6-7H,5,8-9H2,1-4H3,(H,15,16). The average Bonchev–Trinajstić information content (AvgIpc) is 2.39. The fourth-order valence-electron chi connectivity index (χ4n) is 1.89. The molecule has 1 aromatic carbocycles. The van der Waals surface area contributed by atoms with Gasteiger partial charge in [-0.1, -0.05) is 13.0 Å². The molecular weight excluding hydrogens is 230 g/mol. The predicted molar refractivity (Wildman–Crippen MR) is 71.3 cm³/mol. The highest BCUT2D eigenvalue weighted by Crippen LogP contribution is 2.31. The first-order valence-electron chi connectivity index (χ1n) is 6.11. The minimum atomic E-state index is 0.0687. The van der Waals surface area contributed by atoms with Crippen LogP contribution in [-0.4, -0.2) is 26.7 Å². The van der Waals surface area contributed by atoms with E-state index in [1.54, 1.807) is 14.2 Å². The van der Waals surface area contributed by atoms with Gasteiger partial charge >= 0.3 is 0 Å². The van der Waals surface area contributed by atoms with Crippen LogP contribution >= 0.6 is 0 Å². The lowest BCUT2D eigenvalue weighted by molar-refractivity contribution is -0.120. The number of carbonyl (C=O) groups excluding carboxylic acids is 1. The molecule has 0 aromatic heterocycles. The second-order valence-corrected chi connectivity index (χ2v) is 4.04. The molecule has 0 saturated carbocycles. The molecule has 0 unspecified atom stereocenters.